The van der Waals surface area contributed by atoms with Crippen LogP contribution in [0.5, 0.6) is 0 Å². The summed E-state index contributed by atoms with van der Waals surface area (Å²) in [4.78, 5) is 11.3. The average Bonchev–Trinajstić information content (AvgIpc) is 2.40. The predicted octanol–water partition coefficient (Wildman–Crippen LogP) is 2.69. The van der Waals surface area contributed by atoms with Crippen molar-refractivity contribution >= 4 is 17.4 Å². The lowest BCUT2D eigenvalue weighted by molar-refractivity contribution is -0.141. The van der Waals surface area contributed by atoms with E-state index in [4.69, 9.17) is 11.6 Å². The monoisotopic (exact) mass is 240 g/mol. The Balaban J connectivity index is 3.33. The molecule has 1 heterocycles. The van der Waals surface area contributed by atoms with Crippen LogP contribution in [-0.2, 0) is 13.2 Å². The lowest BCUT2D eigenvalue weighted by Crippen LogP contribution is -2.07. The van der Waals surface area contributed by atoms with Crippen LogP contribution in [0.2, 0.25) is 5.02 Å². The molecule has 0 aliphatic carbocycles. The molecule has 15 heavy (non-hydrogen) atoms. The normalized spacial score (nSPS) is 11.9. The Morgan fingerprint density at radius 3 is 2.40 bits per heavy atom. The fraction of sp³-hybridized carbons (Fsp3) is 0.500. The molecule has 0 amide bonds. The first-order valence-corrected chi connectivity index (χ1v) is 4.49. The number of carbonyl (C=O) groups is 1. The van der Waals surface area contributed by atoms with Gasteiger partial charge in [0.05, 0.1) is 0 Å². The van der Waals surface area contributed by atoms with E-state index in [-0.39, 0.29) is 12.1 Å². The van der Waals surface area contributed by atoms with Crippen molar-refractivity contribution in [3.05, 3.63) is 16.4 Å². The van der Waals surface area contributed by atoms with E-state index in [1.165, 1.54) is 7.05 Å². The highest BCUT2D eigenvalue weighted by Crippen LogP contribution is 2.35. The number of Topliss-reactive ketones (excluding diaryl/α,β-unsaturated/α-hetero) is 1. The van der Waals surface area contributed by atoms with Gasteiger partial charge in [-0.3, -0.25) is 9.48 Å². The van der Waals surface area contributed by atoms with Crippen molar-refractivity contribution in [2.45, 2.75) is 19.5 Å². The van der Waals surface area contributed by atoms with Gasteiger partial charge in [0.2, 0.25) is 0 Å². The minimum atomic E-state index is -4.64. The molecule has 7 heteroatoms. The van der Waals surface area contributed by atoms with E-state index in [0.29, 0.717) is 0 Å². The topological polar surface area (TPSA) is 34.9 Å². The van der Waals surface area contributed by atoms with Crippen molar-refractivity contribution in [1.82, 2.24) is 9.78 Å². The van der Waals surface area contributed by atoms with E-state index in [2.05, 4.69) is 5.10 Å². The summed E-state index contributed by atoms with van der Waals surface area (Å²) < 4.78 is 37.9. The van der Waals surface area contributed by atoms with Crippen LogP contribution in [0.3, 0.4) is 0 Å². The first kappa shape index (κ1) is 12.0. The van der Waals surface area contributed by atoms with E-state index < -0.39 is 22.7 Å². The highest BCUT2D eigenvalue weighted by molar-refractivity contribution is 6.34. The van der Waals surface area contributed by atoms with Gasteiger partial charge >= 0.3 is 6.18 Å². The van der Waals surface area contributed by atoms with Gasteiger partial charge in [-0.25, -0.2) is 0 Å². The molecule has 0 atom stereocenters. The minimum absolute atomic E-state index is 0.0799. The third-order valence-corrected chi connectivity index (χ3v) is 2.20. The molecule has 0 aromatic carbocycles. The Hall–Kier alpha value is -1.04. The number of rotatable bonds is 2. The van der Waals surface area contributed by atoms with Crippen LogP contribution in [0.15, 0.2) is 0 Å². The van der Waals surface area contributed by atoms with Gasteiger partial charge in [-0.2, -0.15) is 18.3 Å². The molecule has 0 saturated carbocycles. The van der Waals surface area contributed by atoms with Gasteiger partial charge < -0.3 is 0 Å². The predicted molar refractivity (Wildman–Crippen MR) is 47.8 cm³/mol. The Kier molecular flexibility index (Phi) is 3.08. The van der Waals surface area contributed by atoms with Crippen molar-refractivity contribution in [2.75, 3.05) is 0 Å². The van der Waals surface area contributed by atoms with Crippen molar-refractivity contribution < 1.29 is 18.0 Å². The Morgan fingerprint density at radius 1 is 1.53 bits per heavy atom. The largest absolute Gasteiger partial charge is 0.436 e. The van der Waals surface area contributed by atoms with Gasteiger partial charge in [0, 0.05) is 13.5 Å². The van der Waals surface area contributed by atoms with Crippen LogP contribution in [0, 0.1) is 0 Å². The molecule has 0 fully saturated rings. The first-order valence-electron chi connectivity index (χ1n) is 4.12. The lowest BCUT2D eigenvalue weighted by atomic mass is 10.2. The number of halogens is 4. The summed E-state index contributed by atoms with van der Waals surface area (Å²) in [6.07, 6.45) is -4.56. The molecule has 0 aliphatic rings. The molecular formula is C8H8ClF3N2O. The number of ketones is 1. The molecule has 0 unspecified atom stereocenters. The summed E-state index contributed by atoms with van der Waals surface area (Å²) in [7, 11) is 1.25. The zero-order chi connectivity index (χ0) is 11.8. The Bertz CT molecular complexity index is 397. The molecule has 84 valence electrons. The van der Waals surface area contributed by atoms with E-state index in [9.17, 15) is 18.0 Å². The fourth-order valence-electron chi connectivity index (χ4n) is 1.15. The lowest BCUT2D eigenvalue weighted by Gasteiger charge is -2.01. The molecular weight excluding hydrogens is 233 g/mol. The van der Waals surface area contributed by atoms with Crippen LogP contribution in [0.1, 0.15) is 29.5 Å². The number of hydrogen-bond donors (Lipinski definition) is 0. The fourth-order valence-corrected chi connectivity index (χ4v) is 1.52. The number of nitrogens with zero attached hydrogens (tertiary/aromatic N) is 2. The maximum absolute atomic E-state index is 12.3. The van der Waals surface area contributed by atoms with Crippen LogP contribution in [0.25, 0.3) is 0 Å². The van der Waals surface area contributed by atoms with Crippen molar-refractivity contribution in [3.8, 4) is 0 Å². The van der Waals surface area contributed by atoms with Gasteiger partial charge in [-0.15, -0.1) is 0 Å². The molecule has 3 nitrogen and oxygen atoms in total. The summed E-state index contributed by atoms with van der Waals surface area (Å²) in [6.45, 7) is 1.54. The molecule has 0 radical (unpaired) electrons. The van der Waals surface area contributed by atoms with E-state index in [0.717, 1.165) is 4.68 Å². The zero-order valence-corrected chi connectivity index (χ0v) is 8.78. The van der Waals surface area contributed by atoms with Gasteiger partial charge in [-0.05, 0) is 0 Å². The highest BCUT2D eigenvalue weighted by atomic mass is 35.5. The van der Waals surface area contributed by atoms with E-state index >= 15 is 0 Å². The second kappa shape index (κ2) is 3.84. The maximum atomic E-state index is 12.3. The third kappa shape index (κ3) is 2.14. The summed E-state index contributed by atoms with van der Waals surface area (Å²) in [5.41, 5.74) is -1.42. The number of aryl methyl sites for hydroxylation is 1. The molecule has 0 saturated heterocycles. The number of carbonyl (C=O) groups excluding carboxylic acids is 1. The standard InChI is InChI=1S/C8H8ClF3N2O/c1-3-4(15)6-5(9)7(8(10,11)12)13-14(6)2/h3H2,1-2H3. The van der Waals surface area contributed by atoms with Crippen LogP contribution >= 0.6 is 11.6 Å². The minimum Gasteiger partial charge on any atom is -0.292 e. The summed E-state index contributed by atoms with van der Waals surface area (Å²) in [6, 6.07) is 0. The summed E-state index contributed by atoms with van der Waals surface area (Å²) >= 11 is 5.46. The summed E-state index contributed by atoms with van der Waals surface area (Å²) in [5, 5.41) is 2.56. The Morgan fingerprint density at radius 2 is 2.07 bits per heavy atom. The maximum Gasteiger partial charge on any atom is 0.436 e. The zero-order valence-electron chi connectivity index (χ0n) is 8.02. The van der Waals surface area contributed by atoms with E-state index in [1.54, 1.807) is 6.92 Å². The van der Waals surface area contributed by atoms with Gasteiger partial charge in [0.1, 0.15) is 10.7 Å². The smallest absolute Gasteiger partial charge is 0.292 e. The van der Waals surface area contributed by atoms with Gasteiger partial charge in [0.25, 0.3) is 0 Å². The van der Waals surface area contributed by atoms with Crippen LogP contribution in [-0.4, -0.2) is 15.6 Å². The number of hydrogen-bond acceptors (Lipinski definition) is 2. The van der Waals surface area contributed by atoms with Gasteiger partial charge in [-0.1, -0.05) is 18.5 Å². The highest BCUT2D eigenvalue weighted by Gasteiger charge is 2.39. The average molecular weight is 241 g/mol. The van der Waals surface area contributed by atoms with Crippen molar-refractivity contribution in [2.24, 2.45) is 7.05 Å². The molecule has 0 N–H and O–H groups in total. The third-order valence-electron chi connectivity index (χ3n) is 1.84. The quantitative estimate of drug-likeness (QED) is 0.745. The Labute approximate surface area is 88.8 Å². The molecule has 1 aromatic heterocycles. The van der Waals surface area contributed by atoms with Crippen LogP contribution < -0.4 is 0 Å². The SMILES string of the molecule is CCC(=O)c1c(Cl)c(C(F)(F)F)nn1C. The summed E-state index contributed by atoms with van der Waals surface area (Å²) in [5.74, 6) is -0.467. The first-order chi connectivity index (χ1) is 6.79. The van der Waals surface area contributed by atoms with Crippen LogP contribution in [0.4, 0.5) is 13.2 Å². The second-order valence-electron chi connectivity index (χ2n) is 2.91. The van der Waals surface area contributed by atoms with Gasteiger partial charge in [0.15, 0.2) is 11.5 Å². The van der Waals surface area contributed by atoms with Crippen molar-refractivity contribution in [1.29, 1.82) is 0 Å². The number of alkyl halides is 3. The molecule has 1 aromatic rings. The molecule has 0 bridgehead atoms. The molecule has 1 rings (SSSR count). The van der Waals surface area contributed by atoms with E-state index in [1.807, 2.05) is 0 Å². The molecule has 0 aliphatic heterocycles. The second-order valence-corrected chi connectivity index (χ2v) is 3.29. The van der Waals surface area contributed by atoms with Crippen molar-refractivity contribution in [3.63, 3.8) is 0 Å². The number of aromatic nitrogens is 2. The molecule has 0 spiro atoms.